The third kappa shape index (κ3) is 6.87. The molecule has 0 saturated heterocycles. The predicted octanol–water partition coefficient (Wildman–Crippen LogP) is -1.97. The van der Waals surface area contributed by atoms with Crippen LogP contribution in [-0.2, 0) is 14.3 Å². The highest BCUT2D eigenvalue weighted by Gasteiger charge is 2.14. The van der Waals surface area contributed by atoms with E-state index < -0.39 is 18.0 Å². The number of aliphatic carboxylic acids is 1. The Kier molecular flexibility index (Phi) is 7.57. The SMILES string of the molecule is CCCOC(=O)C[C@H](NCCO)C(=O)[O-]. The number of carbonyl (C=O) groups is 2. The Hall–Kier alpha value is -1.14. The topological polar surface area (TPSA) is 98.7 Å². The number of carboxylic acids is 1. The van der Waals surface area contributed by atoms with Gasteiger partial charge < -0.3 is 25.1 Å². The maximum absolute atomic E-state index is 11.1. The molecule has 0 spiro atoms. The van der Waals surface area contributed by atoms with Gasteiger partial charge in [-0.3, -0.25) is 4.79 Å². The Morgan fingerprint density at radius 2 is 2.20 bits per heavy atom. The van der Waals surface area contributed by atoms with Gasteiger partial charge >= 0.3 is 5.97 Å². The average Bonchev–Trinajstić information content (AvgIpc) is 2.20. The molecule has 0 aliphatic carbocycles. The standard InChI is InChI=1S/C9H17NO5/c1-2-5-15-8(12)6-7(9(13)14)10-3-4-11/h7,10-11H,2-6H2,1H3,(H,13,14)/p-1/t7-/m0/s1. The van der Waals surface area contributed by atoms with Gasteiger partial charge in [-0.05, 0) is 6.42 Å². The van der Waals surface area contributed by atoms with Gasteiger partial charge in [-0.15, -0.1) is 0 Å². The van der Waals surface area contributed by atoms with Gasteiger partial charge in [-0.1, -0.05) is 6.92 Å². The van der Waals surface area contributed by atoms with Crippen LogP contribution in [0.5, 0.6) is 0 Å². The van der Waals surface area contributed by atoms with Gasteiger partial charge in [0.05, 0.1) is 31.6 Å². The van der Waals surface area contributed by atoms with Crippen LogP contribution in [0.2, 0.25) is 0 Å². The lowest BCUT2D eigenvalue weighted by molar-refractivity contribution is -0.308. The molecule has 6 heteroatoms. The maximum atomic E-state index is 11.1. The van der Waals surface area contributed by atoms with Crippen LogP contribution in [0, 0.1) is 0 Å². The van der Waals surface area contributed by atoms with Crippen LogP contribution < -0.4 is 10.4 Å². The average molecular weight is 218 g/mol. The van der Waals surface area contributed by atoms with Gasteiger partial charge in [0, 0.05) is 6.54 Å². The fourth-order valence-corrected chi connectivity index (χ4v) is 0.919. The first-order valence-electron chi connectivity index (χ1n) is 4.82. The van der Waals surface area contributed by atoms with E-state index in [2.05, 4.69) is 5.32 Å². The molecule has 6 nitrogen and oxygen atoms in total. The Balaban J connectivity index is 3.93. The summed E-state index contributed by atoms with van der Waals surface area (Å²) in [6.45, 7) is 2.01. The van der Waals surface area contributed by atoms with E-state index in [-0.39, 0.29) is 26.2 Å². The Bertz CT molecular complexity index is 207. The molecule has 0 fully saturated rings. The quantitative estimate of drug-likeness (QED) is 0.458. The first-order valence-corrected chi connectivity index (χ1v) is 4.82. The number of aliphatic hydroxyl groups excluding tert-OH is 1. The maximum Gasteiger partial charge on any atom is 0.307 e. The summed E-state index contributed by atoms with van der Waals surface area (Å²) in [5, 5.41) is 21.5. The summed E-state index contributed by atoms with van der Waals surface area (Å²) in [5.74, 6) is -1.96. The van der Waals surface area contributed by atoms with Crippen LogP contribution >= 0.6 is 0 Å². The number of carboxylic acid groups (broad SMARTS) is 1. The molecule has 2 N–H and O–H groups in total. The molecule has 0 aromatic heterocycles. The summed E-state index contributed by atoms with van der Waals surface area (Å²) in [5.41, 5.74) is 0. The Morgan fingerprint density at radius 1 is 1.53 bits per heavy atom. The zero-order valence-electron chi connectivity index (χ0n) is 8.69. The molecule has 0 aliphatic heterocycles. The molecule has 0 radical (unpaired) electrons. The minimum absolute atomic E-state index is 0.0969. The Labute approximate surface area is 88.2 Å². The third-order valence-electron chi connectivity index (χ3n) is 1.63. The van der Waals surface area contributed by atoms with Crippen molar-refractivity contribution in [2.75, 3.05) is 19.8 Å². The molecule has 0 bridgehead atoms. The van der Waals surface area contributed by atoms with Gasteiger partial charge in [-0.25, -0.2) is 0 Å². The minimum atomic E-state index is -1.38. The lowest BCUT2D eigenvalue weighted by atomic mass is 10.2. The van der Waals surface area contributed by atoms with Crippen LogP contribution in [0.25, 0.3) is 0 Å². The summed E-state index contributed by atoms with van der Waals surface area (Å²) in [6.07, 6.45) is 0.397. The summed E-state index contributed by atoms with van der Waals surface area (Å²) in [6, 6.07) is -1.11. The molecule has 0 saturated carbocycles. The first-order chi connectivity index (χ1) is 7.11. The first kappa shape index (κ1) is 13.9. The molecule has 0 aromatic rings. The van der Waals surface area contributed by atoms with E-state index in [9.17, 15) is 14.7 Å². The summed E-state index contributed by atoms with van der Waals surface area (Å²) < 4.78 is 4.72. The van der Waals surface area contributed by atoms with E-state index in [1.807, 2.05) is 6.92 Å². The lowest BCUT2D eigenvalue weighted by Crippen LogP contribution is -2.47. The largest absolute Gasteiger partial charge is 0.548 e. The molecular formula is C9H16NO5-. The number of ether oxygens (including phenoxy) is 1. The van der Waals surface area contributed by atoms with Gasteiger partial charge in [0.15, 0.2) is 0 Å². The van der Waals surface area contributed by atoms with Crippen molar-refractivity contribution in [2.24, 2.45) is 0 Å². The number of rotatable bonds is 8. The lowest BCUT2D eigenvalue weighted by Gasteiger charge is -2.18. The number of aliphatic hydroxyl groups is 1. The summed E-state index contributed by atoms with van der Waals surface area (Å²) in [4.78, 5) is 21.6. The molecule has 0 aromatic carbocycles. The number of hydrogen-bond acceptors (Lipinski definition) is 6. The van der Waals surface area contributed by atoms with Gasteiger partial charge in [0.1, 0.15) is 0 Å². The second kappa shape index (κ2) is 8.19. The second-order valence-electron chi connectivity index (χ2n) is 2.97. The zero-order valence-corrected chi connectivity index (χ0v) is 8.69. The monoisotopic (exact) mass is 218 g/mol. The van der Waals surface area contributed by atoms with E-state index in [0.29, 0.717) is 6.42 Å². The van der Waals surface area contributed by atoms with Crippen molar-refractivity contribution in [2.45, 2.75) is 25.8 Å². The fourth-order valence-electron chi connectivity index (χ4n) is 0.919. The van der Waals surface area contributed by atoms with Crippen molar-refractivity contribution < 1.29 is 24.5 Å². The second-order valence-corrected chi connectivity index (χ2v) is 2.97. The highest BCUT2D eigenvalue weighted by atomic mass is 16.5. The summed E-state index contributed by atoms with van der Waals surface area (Å²) in [7, 11) is 0. The van der Waals surface area contributed by atoms with Crippen molar-refractivity contribution in [3.05, 3.63) is 0 Å². The highest BCUT2D eigenvalue weighted by molar-refractivity contribution is 5.80. The van der Waals surface area contributed by atoms with Crippen molar-refractivity contribution in [3.8, 4) is 0 Å². The molecular weight excluding hydrogens is 202 g/mol. The molecule has 1 atom stereocenters. The molecule has 0 heterocycles. The molecule has 0 aliphatic rings. The molecule has 88 valence electrons. The molecule has 0 amide bonds. The Morgan fingerprint density at radius 3 is 2.67 bits per heavy atom. The van der Waals surface area contributed by atoms with E-state index in [1.54, 1.807) is 0 Å². The fraction of sp³-hybridized carbons (Fsp3) is 0.778. The smallest absolute Gasteiger partial charge is 0.307 e. The molecule has 15 heavy (non-hydrogen) atoms. The highest BCUT2D eigenvalue weighted by Crippen LogP contribution is 1.95. The zero-order chi connectivity index (χ0) is 11.7. The van der Waals surface area contributed by atoms with Gasteiger partial charge in [0.2, 0.25) is 0 Å². The van der Waals surface area contributed by atoms with Crippen LogP contribution in [-0.4, -0.2) is 42.8 Å². The number of hydrogen-bond donors (Lipinski definition) is 2. The molecule has 0 rings (SSSR count). The minimum Gasteiger partial charge on any atom is -0.548 e. The van der Waals surface area contributed by atoms with Gasteiger partial charge in [0.25, 0.3) is 0 Å². The summed E-state index contributed by atoms with van der Waals surface area (Å²) >= 11 is 0. The predicted molar refractivity (Wildman–Crippen MR) is 49.8 cm³/mol. The van der Waals surface area contributed by atoms with Crippen molar-refractivity contribution in [3.63, 3.8) is 0 Å². The number of carbonyl (C=O) groups excluding carboxylic acids is 2. The van der Waals surface area contributed by atoms with Crippen LogP contribution in [0.4, 0.5) is 0 Å². The van der Waals surface area contributed by atoms with E-state index in [0.717, 1.165) is 0 Å². The van der Waals surface area contributed by atoms with E-state index in [4.69, 9.17) is 9.84 Å². The van der Waals surface area contributed by atoms with Crippen LogP contribution in [0.1, 0.15) is 19.8 Å². The van der Waals surface area contributed by atoms with Gasteiger partial charge in [-0.2, -0.15) is 0 Å². The van der Waals surface area contributed by atoms with E-state index >= 15 is 0 Å². The van der Waals surface area contributed by atoms with E-state index in [1.165, 1.54) is 0 Å². The normalized spacial score (nSPS) is 12.1. The van der Waals surface area contributed by atoms with Crippen molar-refractivity contribution >= 4 is 11.9 Å². The number of nitrogens with one attached hydrogen (secondary N) is 1. The van der Waals surface area contributed by atoms with Crippen LogP contribution in [0.15, 0.2) is 0 Å². The van der Waals surface area contributed by atoms with Crippen molar-refractivity contribution in [1.82, 2.24) is 5.32 Å². The van der Waals surface area contributed by atoms with Crippen LogP contribution in [0.3, 0.4) is 0 Å². The van der Waals surface area contributed by atoms with Crippen molar-refractivity contribution in [1.29, 1.82) is 0 Å². The number of esters is 1. The molecule has 0 unspecified atom stereocenters. The third-order valence-corrected chi connectivity index (χ3v) is 1.63.